The maximum Gasteiger partial charge on any atom is 0.317 e. The van der Waals surface area contributed by atoms with Gasteiger partial charge in [0.25, 0.3) is 0 Å². The van der Waals surface area contributed by atoms with Crippen molar-refractivity contribution in [3.05, 3.63) is 42.0 Å². The lowest BCUT2D eigenvalue weighted by Crippen LogP contribution is -2.49. The summed E-state index contributed by atoms with van der Waals surface area (Å²) in [6.07, 6.45) is 0.588. The highest BCUT2D eigenvalue weighted by atomic mass is 16.5. The molecule has 0 aliphatic carbocycles. The van der Waals surface area contributed by atoms with Crippen LogP contribution in [0.1, 0.15) is 25.0 Å². The van der Waals surface area contributed by atoms with Crippen LogP contribution >= 0.6 is 0 Å². The smallest absolute Gasteiger partial charge is 0.317 e. The van der Waals surface area contributed by atoms with Crippen molar-refractivity contribution in [2.24, 2.45) is 11.8 Å². The molecule has 0 spiro atoms. The predicted octanol–water partition coefficient (Wildman–Crippen LogP) is 1.64. The van der Waals surface area contributed by atoms with Crippen molar-refractivity contribution in [1.29, 1.82) is 0 Å². The van der Waals surface area contributed by atoms with Crippen LogP contribution in [-0.2, 0) is 17.9 Å². The van der Waals surface area contributed by atoms with Crippen molar-refractivity contribution in [2.75, 3.05) is 13.1 Å². The lowest BCUT2D eigenvalue weighted by molar-refractivity contribution is -0.143. The zero-order valence-electron chi connectivity index (χ0n) is 15.1. The maximum atomic E-state index is 12.3. The Kier molecular flexibility index (Phi) is 5.90. The largest absolute Gasteiger partial charge is 0.486 e. The average molecular weight is 373 g/mol. The summed E-state index contributed by atoms with van der Waals surface area (Å²) >= 11 is 0. The lowest BCUT2D eigenvalue weighted by atomic mass is 9.91. The van der Waals surface area contributed by atoms with Crippen molar-refractivity contribution in [1.82, 2.24) is 25.4 Å². The highest BCUT2D eigenvalue weighted by Gasteiger charge is 2.31. The van der Waals surface area contributed by atoms with E-state index in [1.54, 1.807) is 4.90 Å². The van der Waals surface area contributed by atoms with Crippen LogP contribution in [-0.4, -0.2) is 50.3 Å². The summed E-state index contributed by atoms with van der Waals surface area (Å²) < 4.78 is 5.59. The van der Waals surface area contributed by atoms with E-state index in [0.717, 1.165) is 5.75 Å². The van der Waals surface area contributed by atoms with Crippen LogP contribution in [0.3, 0.4) is 0 Å². The van der Waals surface area contributed by atoms with Crippen molar-refractivity contribution in [3.8, 4) is 5.75 Å². The number of carbonyl (C=O) groups is 2. The number of benzene rings is 1. The number of aromatic amines is 1. The van der Waals surface area contributed by atoms with Crippen molar-refractivity contribution in [3.63, 3.8) is 0 Å². The fourth-order valence-electron chi connectivity index (χ4n) is 3.11. The van der Waals surface area contributed by atoms with E-state index in [2.05, 4.69) is 20.5 Å². The van der Waals surface area contributed by atoms with Crippen LogP contribution in [0.2, 0.25) is 0 Å². The summed E-state index contributed by atoms with van der Waals surface area (Å²) in [5.41, 5.74) is 0. The van der Waals surface area contributed by atoms with E-state index in [1.807, 2.05) is 37.3 Å². The monoisotopic (exact) mass is 373 g/mol. The van der Waals surface area contributed by atoms with E-state index >= 15 is 0 Å². The Labute approximate surface area is 156 Å². The molecule has 1 aromatic carbocycles. The van der Waals surface area contributed by atoms with Gasteiger partial charge in [-0.05, 0) is 24.5 Å². The third-order valence-corrected chi connectivity index (χ3v) is 4.39. The molecule has 1 saturated heterocycles. The van der Waals surface area contributed by atoms with Crippen LogP contribution in [0.4, 0.5) is 4.79 Å². The number of likely N-dealkylation sites (tertiary alicyclic amines) is 1. The van der Waals surface area contributed by atoms with Gasteiger partial charge in [-0.3, -0.25) is 9.89 Å². The van der Waals surface area contributed by atoms with Crippen LogP contribution in [0, 0.1) is 11.8 Å². The summed E-state index contributed by atoms with van der Waals surface area (Å²) in [5.74, 6) is 0.489. The number of nitrogens with zero attached hydrogens (tertiary/aromatic N) is 3. The van der Waals surface area contributed by atoms with E-state index in [4.69, 9.17) is 4.74 Å². The van der Waals surface area contributed by atoms with Gasteiger partial charge in [-0.15, -0.1) is 0 Å². The number of hydrogen-bond donors (Lipinski definition) is 3. The van der Waals surface area contributed by atoms with E-state index in [0.29, 0.717) is 24.6 Å². The first-order valence-corrected chi connectivity index (χ1v) is 8.85. The third-order valence-electron chi connectivity index (χ3n) is 4.39. The molecule has 144 valence electrons. The van der Waals surface area contributed by atoms with Crippen LogP contribution in [0.5, 0.6) is 5.75 Å². The Morgan fingerprint density at radius 2 is 2.11 bits per heavy atom. The molecule has 9 nitrogen and oxygen atoms in total. The van der Waals surface area contributed by atoms with Gasteiger partial charge < -0.3 is 20.1 Å². The number of amides is 2. The number of carbonyl (C=O) groups excluding carboxylic acids is 1. The highest BCUT2D eigenvalue weighted by molar-refractivity contribution is 5.76. The van der Waals surface area contributed by atoms with Crippen molar-refractivity contribution >= 4 is 12.0 Å². The summed E-state index contributed by atoms with van der Waals surface area (Å²) in [6.45, 7) is 3.11. The van der Waals surface area contributed by atoms with Gasteiger partial charge in [0.1, 0.15) is 12.4 Å². The maximum absolute atomic E-state index is 12.3. The Morgan fingerprint density at radius 1 is 1.33 bits per heavy atom. The molecule has 2 aromatic rings. The second kappa shape index (κ2) is 8.52. The number of carboxylic acid groups (broad SMARTS) is 1. The number of aromatic nitrogens is 3. The summed E-state index contributed by atoms with van der Waals surface area (Å²) in [4.78, 5) is 29.4. The van der Waals surface area contributed by atoms with E-state index < -0.39 is 11.9 Å². The van der Waals surface area contributed by atoms with Crippen molar-refractivity contribution < 1.29 is 19.4 Å². The van der Waals surface area contributed by atoms with E-state index in [1.165, 1.54) is 0 Å². The number of H-pyrrole nitrogens is 1. The normalized spacial score (nSPS) is 19.5. The Balaban J connectivity index is 1.47. The van der Waals surface area contributed by atoms with Crippen LogP contribution in [0.25, 0.3) is 0 Å². The zero-order valence-corrected chi connectivity index (χ0v) is 15.1. The predicted molar refractivity (Wildman–Crippen MR) is 95.9 cm³/mol. The van der Waals surface area contributed by atoms with Gasteiger partial charge in [-0.2, -0.15) is 5.10 Å². The number of carboxylic acids is 1. The number of rotatable bonds is 6. The zero-order chi connectivity index (χ0) is 19.2. The number of hydrogen-bond acceptors (Lipinski definition) is 5. The van der Waals surface area contributed by atoms with Gasteiger partial charge in [0.2, 0.25) is 0 Å². The van der Waals surface area contributed by atoms with Gasteiger partial charge >= 0.3 is 12.0 Å². The van der Waals surface area contributed by atoms with Gasteiger partial charge in [0.15, 0.2) is 11.6 Å². The summed E-state index contributed by atoms with van der Waals surface area (Å²) in [6, 6.07) is 9.06. The number of nitrogens with one attached hydrogen (secondary N) is 2. The number of aliphatic carboxylic acids is 1. The molecule has 27 heavy (non-hydrogen) atoms. The molecular weight excluding hydrogens is 350 g/mol. The quantitative estimate of drug-likeness (QED) is 0.708. The first kappa shape index (κ1) is 18.7. The molecule has 2 atom stereocenters. The Bertz CT molecular complexity index is 779. The molecule has 2 amide bonds. The second-order valence-corrected chi connectivity index (χ2v) is 6.74. The minimum absolute atomic E-state index is 0.149. The first-order valence-electron chi connectivity index (χ1n) is 8.85. The van der Waals surface area contributed by atoms with Crippen LogP contribution in [0.15, 0.2) is 30.3 Å². The molecule has 3 N–H and O–H groups in total. The topological polar surface area (TPSA) is 120 Å². The molecule has 1 fully saturated rings. The fraction of sp³-hybridized carbons (Fsp3) is 0.444. The van der Waals surface area contributed by atoms with Gasteiger partial charge in [-0.1, -0.05) is 25.1 Å². The molecule has 1 aliphatic heterocycles. The van der Waals surface area contributed by atoms with Crippen molar-refractivity contribution in [2.45, 2.75) is 26.5 Å². The molecule has 0 bridgehead atoms. The minimum atomic E-state index is -0.864. The summed E-state index contributed by atoms with van der Waals surface area (Å²) in [7, 11) is 0. The van der Waals surface area contributed by atoms with E-state index in [-0.39, 0.29) is 31.6 Å². The molecule has 0 saturated carbocycles. The van der Waals surface area contributed by atoms with Gasteiger partial charge in [0.05, 0.1) is 12.5 Å². The molecule has 2 heterocycles. The second-order valence-electron chi connectivity index (χ2n) is 6.74. The van der Waals surface area contributed by atoms with Crippen LogP contribution < -0.4 is 10.1 Å². The number of para-hydroxylation sites is 1. The molecule has 1 aromatic heterocycles. The Hall–Kier alpha value is -3.10. The first-order chi connectivity index (χ1) is 13.0. The number of urea groups is 1. The molecule has 0 radical (unpaired) electrons. The molecule has 3 rings (SSSR count). The number of piperidine rings is 1. The van der Waals surface area contributed by atoms with Gasteiger partial charge in [0, 0.05) is 13.1 Å². The fourth-order valence-corrected chi connectivity index (χ4v) is 3.11. The molecule has 1 aliphatic rings. The van der Waals surface area contributed by atoms with E-state index in [9.17, 15) is 14.7 Å². The third kappa shape index (κ3) is 5.19. The SMILES string of the molecule is CC1CC(C(=O)O)CN(C(=O)NCc2n[nH]c(COc3ccccc3)n2)C1. The van der Waals surface area contributed by atoms with Gasteiger partial charge in [-0.25, -0.2) is 9.78 Å². The standard InChI is InChI=1S/C18H23N5O4/c1-12-7-13(17(24)25)10-23(9-12)18(26)19-8-15-20-16(22-21-15)11-27-14-5-3-2-4-6-14/h2-6,12-13H,7-11H2,1H3,(H,19,26)(H,24,25)(H,20,21,22). The minimum Gasteiger partial charge on any atom is -0.486 e. The molecule has 2 unspecified atom stereocenters. The highest BCUT2D eigenvalue weighted by Crippen LogP contribution is 2.21. The Morgan fingerprint density at radius 3 is 2.85 bits per heavy atom. The lowest BCUT2D eigenvalue weighted by Gasteiger charge is -2.34. The molecular formula is C18H23N5O4. The molecule has 9 heteroatoms. The average Bonchev–Trinajstić information content (AvgIpc) is 3.12. The summed E-state index contributed by atoms with van der Waals surface area (Å²) in [5, 5.41) is 18.8. The number of ether oxygens (including phenoxy) is 1.